The van der Waals surface area contributed by atoms with E-state index < -0.39 is 0 Å². The van der Waals surface area contributed by atoms with Gasteiger partial charge in [0.15, 0.2) is 0 Å². The number of aromatic nitrogens is 4. The summed E-state index contributed by atoms with van der Waals surface area (Å²) in [6, 6.07) is 3.48. The quantitative estimate of drug-likeness (QED) is 0.823. The molecule has 7 heteroatoms. The lowest BCUT2D eigenvalue weighted by atomic mass is 9.92. The molecular weight excluding hydrogens is 256 g/mol. The van der Waals surface area contributed by atoms with Crippen LogP contribution in [0.4, 0.5) is 5.95 Å². The smallest absolute Gasteiger partial charge is 0.266 e. The maximum Gasteiger partial charge on any atom is 0.287 e. The van der Waals surface area contributed by atoms with Gasteiger partial charge in [0.05, 0.1) is 5.69 Å². The van der Waals surface area contributed by atoms with E-state index in [-0.39, 0.29) is 11.3 Å². The molecule has 0 aliphatic heterocycles. The first-order chi connectivity index (χ1) is 9.38. The average molecular weight is 274 g/mol. The summed E-state index contributed by atoms with van der Waals surface area (Å²) in [5.74, 6) is 0.0435. The van der Waals surface area contributed by atoms with Crippen molar-refractivity contribution < 1.29 is 4.79 Å². The standard InChI is InChI=1S/C13H18N6O/c1-13(2,3)10-8-9(19(4)18-10)11(20)16-17-12-14-6-5-7-15-12/h5-8H,1-4H3,(H,16,20)(H,14,15,17). The number of hydrogen-bond acceptors (Lipinski definition) is 5. The van der Waals surface area contributed by atoms with Crippen molar-refractivity contribution in [3.63, 3.8) is 0 Å². The van der Waals surface area contributed by atoms with Crippen LogP contribution in [0.5, 0.6) is 0 Å². The van der Waals surface area contributed by atoms with E-state index in [1.54, 1.807) is 36.3 Å². The topological polar surface area (TPSA) is 84.7 Å². The average Bonchev–Trinajstić information content (AvgIpc) is 2.79. The molecule has 0 aliphatic rings. The van der Waals surface area contributed by atoms with E-state index in [1.165, 1.54) is 0 Å². The van der Waals surface area contributed by atoms with Crippen LogP contribution in [0.2, 0.25) is 0 Å². The molecule has 0 saturated carbocycles. The second-order valence-electron chi connectivity index (χ2n) is 5.44. The van der Waals surface area contributed by atoms with E-state index in [9.17, 15) is 4.79 Å². The molecule has 0 unspecified atom stereocenters. The molecule has 0 atom stereocenters. The van der Waals surface area contributed by atoms with Crippen LogP contribution < -0.4 is 10.9 Å². The molecule has 0 radical (unpaired) electrons. The van der Waals surface area contributed by atoms with Gasteiger partial charge in [-0.05, 0) is 12.1 Å². The Labute approximate surface area is 117 Å². The number of carbonyl (C=O) groups excluding carboxylic acids is 1. The zero-order valence-electron chi connectivity index (χ0n) is 12.0. The number of hydrogen-bond donors (Lipinski definition) is 2. The van der Waals surface area contributed by atoms with Gasteiger partial charge in [-0.1, -0.05) is 20.8 Å². The van der Waals surface area contributed by atoms with Gasteiger partial charge < -0.3 is 0 Å². The maximum atomic E-state index is 12.1. The van der Waals surface area contributed by atoms with Gasteiger partial charge in [0, 0.05) is 24.9 Å². The summed E-state index contributed by atoms with van der Waals surface area (Å²) < 4.78 is 1.56. The molecular formula is C13H18N6O. The van der Waals surface area contributed by atoms with Crippen molar-refractivity contribution in [3.05, 3.63) is 35.9 Å². The lowest BCUT2D eigenvalue weighted by molar-refractivity contribution is 0.0953. The summed E-state index contributed by atoms with van der Waals surface area (Å²) in [6.45, 7) is 6.15. The van der Waals surface area contributed by atoms with E-state index in [0.717, 1.165) is 5.69 Å². The first kappa shape index (κ1) is 14.0. The second-order valence-corrected chi connectivity index (χ2v) is 5.44. The second kappa shape index (κ2) is 5.28. The monoisotopic (exact) mass is 274 g/mol. The number of aryl methyl sites for hydroxylation is 1. The van der Waals surface area contributed by atoms with Gasteiger partial charge in [-0.2, -0.15) is 5.10 Å². The highest BCUT2D eigenvalue weighted by molar-refractivity contribution is 5.93. The lowest BCUT2D eigenvalue weighted by Gasteiger charge is -2.13. The Bertz CT molecular complexity index is 599. The van der Waals surface area contributed by atoms with Gasteiger partial charge in [0.25, 0.3) is 5.91 Å². The van der Waals surface area contributed by atoms with Crippen LogP contribution in [0, 0.1) is 0 Å². The highest BCUT2D eigenvalue weighted by Crippen LogP contribution is 2.21. The highest BCUT2D eigenvalue weighted by atomic mass is 16.2. The van der Waals surface area contributed by atoms with Crippen molar-refractivity contribution in [2.45, 2.75) is 26.2 Å². The first-order valence-electron chi connectivity index (χ1n) is 6.26. The minimum absolute atomic E-state index is 0.105. The zero-order chi connectivity index (χ0) is 14.8. The van der Waals surface area contributed by atoms with Crippen LogP contribution in [-0.2, 0) is 12.5 Å². The van der Waals surface area contributed by atoms with Gasteiger partial charge in [-0.25, -0.2) is 9.97 Å². The number of anilines is 1. The highest BCUT2D eigenvalue weighted by Gasteiger charge is 2.21. The van der Waals surface area contributed by atoms with Crippen LogP contribution in [0.3, 0.4) is 0 Å². The summed E-state index contributed by atoms with van der Waals surface area (Å²) in [5.41, 5.74) is 6.43. The SMILES string of the molecule is Cn1nc(C(C)(C)C)cc1C(=O)NNc1ncccn1. The Hall–Kier alpha value is -2.44. The summed E-state index contributed by atoms with van der Waals surface area (Å²) in [6.07, 6.45) is 3.17. The van der Waals surface area contributed by atoms with Crippen LogP contribution in [0.25, 0.3) is 0 Å². The molecule has 0 saturated heterocycles. The summed E-state index contributed by atoms with van der Waals surface area (Å²) in [5, 5.41) is 4.35. The van der Waals surface area contributed by atoms with Crippen molar-refractivity contribution in [2.75, 3.05) is 5.43 Å². The number of hydrazine groups is 1. The van der Waals surface area contributed by atoms with Gasteiger partial charge in [0.2, 0.25) is 5.95 Å². The van der Waals surface area contributed by atoms with Crippen molar-refractivity contribution >= 4 is 11.9 Å². The molecule has 0 aliphatic carbocycles. The summed E-state index contributed by atoms with van der Waals surface area (Å²) in [4.78, 5) is 20.0. The fourth-order valence-corrected chi connectivity index (χ4v) is 1.59. The maximum absolute atomic E-state index is 12.1. The number of nitrogens with zero attached hydrogens (tertiary/aromatic N) is 4. The van der Waals surface area contributed by atoms with Gasteiger partial charge in [0.1, 0.15) is 5.69 Å². The minimum atomic E-state index is -0.289. The predicted molar refractivity (Wildman–Crippen MR) is 75.0 cm³/mol. The van der Waals surface area contributed by atoms with Crippen molar-refractivity contribution in [3.8, 4) is 0 Å². The van der Waals surface area contributed by atoms with Crippen LogP contribution >= 0.6 is 0 Å². The Balaban J connectivity index is 2.08. The van der Waals surface area contributed by atoms with E-state index in [0.29, 0.717) is 11.6 Å². The van der Waals surface area contributed by atoms with E-state index in [4.69, 9.17) is 0 Å². The van der Waals surface area contributed by atoms with Gasteiger partial charge in [-0.15, -0.1) is 0 Å². The summed E-state index contributed by atoms with van der Waals surface area (Å²) in [7, 11) is 1.74. The Morgan fingerprint density at radius 1 is 1.25 bits per heavy atom. The molecule has 106 valence electrons. The van der Waals surface area contributed by atoms with Crippen LogP contribution in [-0.4, -0.2) is 25.7 Å². The fraction of sp³-hybridized carbons (Fsp3) is 0.385. The Morgan fingerprint density at radius 3 is 2.45 bits per heavy atom. The van der Waals surface area contributed by atoms with E-state index in [2.05, 4.69) is 25.9 Å². The first-order valence-corrected chi connectivity index (χ1v) is 6.26. The van der Waals surface area contributed by atoms with Crippen LogP contribution in [0.15, 0.2) is 24.5 Å². The molecule has 7 nitrogen and oxygen atoms in total. The molecule has 2 rings (SSSR count). The summed E-state index contributed by atoms with van der Waals surface area (Å²) >= 11 is 0. The molecule has 2 aromatic heterocycles. The molecule has 0 fully saturated rings. The van der Waals surface area contributed by atoms with Crippen molar-refractivity contribution in [2.24, 2.45) is 7.05 Å². The number of amides is 1. The fourth-order valence-electron chi connectivity index (χ4n) is 1.59. The lowest BCUT2D eigenvalue weighted by Crippen LogP contribution is -2.31. The number of rotatable bonds is 3. The Kier molecular flexibility index (Phi) is 3.69. The van der Waals surface area contributed by atoms with Crippen molar-refractivity contribution in [1.82, 2.24) is 25.2 Å². The van der Waals surface area contributed by atoms with Gasteiger partial charge in [-0.3, -0.25) is 20.3 Å². The normalized spacial score (nSPS) is 11.2. The third-order valence-corrected chi connectivity index (χ3v) is 2.73. The molecule has 0 bridgehead atoms. The zero-order valence-corrected chi connectivity index (χ0v) is 12.0. The molecule has 2 heterocycles. The molecule has 2 aromatic rings. The third kappa shape index (κ3) is 3.11. The molecule has 0 spiro atoms. The number of carbonyl (C=O) groups is 1. The molecule has 2 N–H and O–H groups in total. The molecule has 20 heavy (non-hydrogen) atoms. The van der Waals surface area contributed by atoms with Crippen molar-refractivity contribution in [1.29, 1.82) is 0 Å². The van der Waals surface area contributed by atoms with Crippen LogP contribution in [0.1, 0.15) is 37.0 Å². The van der Waals surface area contributed by atoms with E-state index in [1.807, 2.05) is 20.8 Å². The largest absolute Gasteiger partial charge is 0.287 e. The molecule has 1 amide bonds. The number of nitrogens with one attached hydrogen (secondary N) is 2. The van der Waals surface area contributed by atoms with Gasteiger partial charge >= 0.3 is 0 Å². The predicted octanol–water partition coefficient (Wildman–Crippen LogP) is 1.26. The minimum Gasteiger partial charge on any atom is -0.266 e. The third-order valence-electron chi connectivity index (χ3n) is 2.73. The van der Waals surface area contributed by atoms with E-state index >= 15 is 0 Å². The molecule has 0 aromatic carbocycles. The Morgan fingerprint density at radius 2 is 1.90 bits per heavy atom.